The summed E-state index contributed by atoms with van der Waals surface area (Å²) in [6, 6.07) is 7.59. The molecule has 134 valence electrons. The van der Waals surface area contributed by atoms with E-state index in [9.17, 15) is 4.79 Å². The Labute approximate surface area is 151 Å². The fourth-order valence-corrected chi connectivity index (χ4v) is 4.01. The van der Waals surface area contributed by atoms with Gasteiger partial charge in [0.15, 0.2) is 11.5 Å². The first-order chi connectivity index (χ1) is 12.2. The smallest absolute Gasteiger partial charge is 0.322 e. The largest absolute Gasteiger partial charge is 0.493 e. The van der Waals surface area contributed by atoms with E-state index in [-0.39, 0.29) is 12.1 Å². The Balaban J connectivity index is 1.81. The van der Waals surface area contributed by atoms with Gasteiger partial charge in [-0.05, 0) is 24.3 Å². The molecule has 0 radical (unpaired) electrons. The molecular weight excluding hydrogens is 340 g/mol. The Morgan fingerprint density at radius 2 is 1.92 bits per heavy atom. The lowest BCUT2D eigenvalue weighted by atomic mass is 10.2. The Morgan fingerprint density at radius 1 is 1.20 bits per heavy atom. The van der Waals surface area contributed by atoms with Crippen molar-refractivity contribution in [2.45, 2.75) is 18.9 Å². The van der Waals surface area contributed by atoms with E-state index in [1.165, 1.54) is 4.88 Å². The fraction of sp³-hybridized carbons (Fsp3) is 0.389. The van der Waals surface area contributed by atoms with Crippen LogP contribution in [0.25, 0.3) is 0 Å². The number of benzene rings is 1. The van der Waals surface area contributed by atoms with Crippen molar-refractivity contribution in [2.24, 2.45) is 0 Å². The van der Waals surface area contributed by atoms with Gasteiger partial charge in [0.25, 0.3) is 0 Å². The molecule has 2 amide bonds. The molecule has 0 saturated carbocycles. The minimum atomic E-state index is -0.120. The zero-order valence-corrected chi connectivity index (χ0v) is 15.4. The molecule has 0 unspecified atom stereocenters. The van der Waals surface area contributed by atoms with Crippen LogP contribution in [-0.4, -0.2) is 38.8 Å². The van der Waals surface area contributed by atoms with Gasteiger partial charge in [0.1, 0.15) is 0 Å². The summed E-state index contributed by atoms with van der Waals surface area (Å²) in [5.41, 5.74) is 0.608. The van der Waals surface area contributed by atoms with Crippen LogP contribution in [0.2, 0.25) is 0 Å². The number of anilines is 1. The quantitative estimate of drug-likeness (QED) is 0.868. The van der Waals surface area contributed by atoms with E-state index in [0.29, 0.717) is 22.9 Å². The van der Waals surface area contributed by atoms with Crippen LogP contribution < -0.4 is 19.5 Å². The summed E-state index contributed by atoms with van der Waals surface area (Å²) in [6.07, 6.45) is 1.99. The van der Waals surface area contributed by atoms with E-state index in [2.05, 4.69) is 11.4 Å². The highest BCUT2D eigenvalue weighted by Crippen LogP contribution is 2.40. The number of rotatable bonds is 5. The molecule has 1 atom stereocenters. The molecule has 0 bridgehead atoms. The van der Waals surface area contributed by atoms with Crippen molar-refractivity contribution < 1.29 is 19.0 Å². The standard InChI is InChI=1S/C18H22N2O4S/c1-22-14-10-12(11-15(23-2)17(14)24-3)19-18(21)20-8-4-6-13(20)16-7-5-9-25-16/h5,7,9-11,13H,4,6,8H2,1-3H3,(H,19,21)/t13-/m1/s1. The van der Waals surface area contributed by atoms with Crippen molar-refractivity contribution in [3.8, 4) is 17.2 Å². The van der Waals surface area contributed by atoms with Crippen LogP contribution in [0.4, 0.5) is 10.5 Å². The molecule has 0 spiro atoms. The van der Waals surface area contributed by atoms with Gasteiger partial charge in [0, 0.05) is 23.6 Å². The normalized spacial score (nSPS) is 16.6. The molecule has 1 aliphatic heterocycles. The Morgan fingerprint density at radius 3 is 2.48 bits per heavy atom. The van der Waals surface area contributed by atoms with E-state index >= 15 is 0 Å². The van der Waals surface area contributed by atoms with Gasteiger partial charge in [-0.3, -0.25) is 0 Å². The average molecular weight is 362 g/mol. The number of hydrogen-bond donors (Lipinski definition) is 1. The molecule has 1 N–H and O–H groups in total. The van der Waals surface area contributed by atoms with Crippen molar-refractivity contribution in [1.82, 2.24) is 4.90 Å². The molecule has 0 aliphatic carbocycles. The second kappa shape index (κ2) is 7.65. The van der Waals surface area contributed by atoms with Gasteiger partial charge in [-0.2, -0.15) is 0 Å². The number of ether oxygens (including phenoxy) is 3. The van der Waals surface area contributed by atoms with Crippen molar-refractivity contribution in [2.75, 3.05) is 33.2 Å². The maximum absolute atomic E-state index is 12.8. The summed E-state index contributed by atoms with van der Waals surface area (Å²) in [6.45, 7) is 0.749. The first-order valence-corrected chi connectivity index (χ1v) is 8.97. The van der Waals surface area contributed by atoms with Crippen LogP contribution in [0.15, 0.2) is 29.6 Å². The zero-order valence-electron chi connectivity index (χ0n) is 14.6. The number of carbonyl (C=O) groups excluding carboxylic acids is 1. The molecule has 7 heteroatoms. The molecule has 2 aromatic rings. The molecule has 1 aromatic heterocycles. The van der Waals surface area contributed by atoms with Gasteiger partial charge in [0.05, 0.1) is 33.1 Å². The summed E-state index contributed by atoms with van der Waals surface area (Å²) in [5.74, 6) is 1.52. The first-order valence-electron chi connectivity index (χ1n) is 8.09. The molecular formula is C18H22N2O4S. The molecule has 6 nitrogen and oxygen atoms in total. The highest BCUT2D eigenvalue weighted by atomic mass is 32.1. The Hall–Kier alpha value is -2.41. The predicted octanol–water partition coefficient (Wildman–Crippen LogP) is 4.14. The minimum absolute atomic E-state index is 0.120. The lowest BCUT2D eigenvalue weighted by Gasteiger charge is -2.24. The number of amides is 2. The van der Waals surface area contributed by atoms with Crippen LogP contribution in [0.1, 0.15) is 23.8 Å². The second-order valence-electron chi connectivity index (χ2n) is 5.71. The maximum atomic E-state index is 12.8. The topological polar surface area (TPSA) is 60.0 Å². The number of nitrogens with zero attached hydrogens (tertiary/aromatic N) is 1. The summed E-state index contributed by atoms with van der Waals surface area (Å²) in [4.78, 5) is 15.9. The Kier molecular flexibility index (Phi) is 5.33. The number of thiophene rings is 1. The summed E-state index contributed by atoms with van der Waals surface area (Å²) in [7, 11) is 4.65. The third kappa shape index (κ3) is 3.51. The van der Waals surface area contributed by atoms with Crippen LogP contribution in [0, 0.1) is 0 Å². The zero-order chi connectivity index (χ0) is 17.8. The number of likely N-dealkylation sites (tertiary alicyclic amines) is 1. The van der Waals surface area contributed by atoms with Crippen molar-refractivity contribution in [3.05, 3.63) is 34.5 Å². The highest BCUT2D eigenvalue weighted by molar-refractivity contribution is 7.10. The molecule has 1 aromatic carbocycles. The van der Waals surface area contributed by atoms with Crippen LogP contribution in [-0.2, 0) is 0 Å². The minimum Gasteiger partial charge on any atom is -0.493 e. The molecule has 1 saturated heterocycles. The van der Waals surface area contributed by atoms with Gasteiger partial charge < -0.3 is 24.4 Å². The molecule has 3 rings (SSSR count). The van der Waals surface area contributed by atoms with E-state index in [1.807, 2.05) is 16.3 Å². The average Bonchev–Trinajstić information content (AvgIpc) is 3.31. The van der Waals surface area contributed by atoms with E-state index in [4.69, 9.17) is 14.2 Å². The first kappa shape index (κ1) is 17.4. The number of methoxy groups -OCH3 is 3. The Bertz CT molecular complexity index is 708. The van der Waals surface area contributed by atoms with Gasteiger partial charge in [-0.1, -0.05) is 6.07 Å². The van der Waals surface area contributed by atoms with Gasteiger partial charge in [-0.15, -0.1) is 11.3 Å². The highest BCUT2D eigenvalue weighted by Gasteiger charge is 2.30. The van der Waals surface area contributed by atoms with Crippen LogP contribution in [0.3, 0.4) is 0 Å². The van der Waals surface area contributed by atoms with Gasteiger partial charge >= 0.3 is 6.03 Å². The van der Waals surface area contributed by atoms with E-state index in [0.717, 1.165) is 19.4 Å². The van der Waals surface area contributed by atoms with Gasteiger partial charge in [-0.25, -0.2) is 4.79 Å². The number of urea groups is 1. The van der Waals surface area contributed by atoms with E-state index in [1.54, 1.807) is 44.8 Å². The lowest BCUT2D eigenvalue weighted by molar-refractivity contribution is 0.208. The van der Waals surface area contributed by atoms with Gasteiger partial charge in [0.2, 0.25) is 5.75 Å². The van der Waals surface area contributed by atoms with Crippen molar-refractivity contribution in [1.29, 1.82) is 0 Å². The summed E-state index contributed by atoms with van der Waals surface area (Å²) < 4.78 is 16.0. The van der Waals surface area contributed by atoms with E-state index < -0.39 is 0 Å². The molecule has 2 heterocycles. The third-order valence-corrected chi connectivity index (χ3v) is 5.27. The van der Waals surface area contributed by atoms with Crippen LogP contribution in [0.5, 0.6) is 17.2 Å². The number of hydrogen-bond acceptors (Lipinski definition) is 5. The number of carbonyl (C=O) groups is 1. The molecule has 25 heavy (non-hydrogen) atoms. The van der Waals surface area contributed by atoms with Crippen LogP contribution >= 0.6 is 11.3 Å². The monoisotopic (exact) mass is 362 g/mol. The van der Waals surface area contributed by atoms with Crippen molar-refractivity contribution in [3.63, 3.8) is 0 Å². The molecule has 1 fully saturated rings. The second-order valence-corrected chi connectivity index (χ2v) is 6.69. The SMILES string of the molecule is COc1cc(NC(=O)N2CCC[C@@H]2c2cccs2)cc(OC)c1OC. The molecule has 1 aliphatic rings. The third-order valence-electron chi connectivity index (χ3n) is 4.30. The fourth-order valence-electron chi connectivity index (χ4n) is 3.13. The predicted molar refractivity (Wildman–Crippen MR) is 98.1 cm³/mol. The summed E-state index contributed by atoms with van der Waals surface area (Å²) >= 11 is 1.69. The number of nitrogens with one attached hydrogen (secondary N) is 1. The maximum Gasteiger partial charge on any atom is 0.322 e. The van der Waals surface area contributed by atoms with Crippen molar-refractivity contribution >= 4 is 23.1 Å². The lowest BCUT2D eigenvalue weighted by Crippen LogP contribution is -2.34. The summed E-state index contributed by atoms with van der Waals surface area (Å²) in [5, 5.41) is 5.00.